The first kappa shape index (κ1) is 26.8. The van der Waals surface area contributed by atoms with Crippen LogP contribution in [0, 0.1) is 0 Å². The third-order valence-corrected chi connectivity index (χ3v) is 7.85. The number of aromatic hydroxyl groups is 1. The monoisotopic (exact) mass is 547 g/mol. The van der Waals surface area contributed by atoms with Crippen LogP contribution in [0.15, 0.2) is 70.6 Å². The van der Waals surface area contributed by atoms with Gasteiger partial charge in [0.2, 0.25) is 0 Å². The Hall–Kier alpha value is -3.75. The lowest BCUT2D eigenvalue weighted by molar-refractivity contribution is 0.128. The number of aryl methyl sites for hydroxylation is 2. The Balaban J connectivity index is 1.51. The average Bonchev–Trinajstić information content (AvgIpc) is 3.23. The van der Waals surface area contributed by atoms with Gasteiger partial charge in [-0.2, -0.15) is 0 Å². The summed E-state index contributed by atoms with van der Waals surface area (Å²) in [4.78, 5) is 30.5. The molecule has 8 nitrogen and oxygen atoms in total. The molecule has 9 heteroatoms. The maximum atomic E-state index is 13.3. The van der Waals surface area contributed by atoms with Crippen molar-refractivity contribution < 1.29 is 5.11 Å². The first-order chi connectivity index (χ1) is 18.5. The van der Waals surface area contributed by atoms with Crippen LogP contribution in [0.2, 0.25) is 5.02 Å². The minimum Gasteiger partial charge on any atom is -0.506 e. The summed E-state index contributed by atoms with van der Waals surface area (Å²) in [5.74, 6) is -0.103. The number of aromatic nitrogens is 3. The highest BCUT2D eigenvalue weighted by molar-refractivity contribution is 6.32. The van der Waals surface area contributed by atoms with Crippen LogP contribution in [0.4, 0.5) is 5.69 Å². The fourth-order valence-corrected chi connectivity index (χ4v) is 5.48. The predicted molar refractivity (Wildman–Crippen MR) is 157 cm³/mol. The summed E-state index contributed by atoms with van der Waals surface area (Å²) in [7, 11) is 3.34. The van der Waals surface area contributed by atoms with Crippen LogP contribution >= 0.6 is 11.6 Å². The van der Waals surface area contributed by atoms with Gasteiger partial charge in [-0.15, -0.1) is 0 Å². The van der Waals surface area contributed by atoms with Gasteiger partial charge in [-0.05, 0) is 56.2 Å². The van der Waals surface area contributed by atoms with E-state index in [1.807, 2.05) is 24.3 Å². The number of imidazole rings is 1. The molecule has 1 saturated heterocycles. The summed E-state index contributed by atoms with van der Waals surface area (Å²) in [6, 6.07) is 13.0. The van der Waals surface area contributed by atoms with Crippen LogP contribution in [0.5, 0.6) is 5.75 Å². The molecule has 0 aliphatic carbocycles. The number of hydrogen-bond donors (Lipinski definition) is 1. The molecule has 0 radical (unpaired) electrons. The van der Waals surface area contributed by atoms with Gasteiger partial charge in [0.15, 0.2) is 0 Å². The number of anilines is 1. The van der Waals surface area contributed by atoms with Crippen molar-refractivity contribution >= 4 is 17.3 Å². The highest BCUT2D eigenvalue weighted by Gasteiger charge is 2.26. The SMILES string of the molecule is Cn1cc(-c2ccc(-n3ccn(C)c3=O)c(Cl)c2)c(O)c(-c2cccc(N3CCN(C(C)(C)C)CC3)c2)c1=O. The van der Waals surface area contributed by atoms with Crippen molar-refractivity contribution in [2.75, 3.05) is 31.1 Å². The minimum atomic E-state index is -0.287. The van der Waals surface area contributed by atoms with Gasteiger partial charge in [0, 0.05) is 75.7 Å². The predicted octanol–water partition coefficient (Wildman–Crippen LogP) is 4.49. The second-order valence-electron chi connectivity index (χ2n) is 11.1. The normalized spacial score (nSPS) is 14.7. The van der Waals surface area contributed by atoms with E-state index in [1.165, 1.54) is 13.7 Å². The summed E-state index contributed by atoms with van der Waals surface area (Å²) >= 11 is 6.59. The van der Waals surface area contributed by atoms with Gasteiger partial charge in [-0.1, -0.05) is 29.8 Å². The number of halogens is 1. The molecule has 0 amide bonds. The molecule has 0 bridgehead atoms. The second-order valence-corrected chi connectivity index (χ2v) is 11.5. The Morgan fingerprint density at radius 2 is 1.59 bits per heavy atom. The van der Waals surface area contributed by atoms with Crippen molar-refractivity contribution in [3.05, 3.63) is 86.9 Å². The number of benzene rings is 2. The Labute approximate surface area is 232 Å². The Kier molecular flexibility index (Phi) is 6.95. The largest absolute Gasteiger partial charge is 0.506 e. The molecule has 0 unspecified atom stereocenters. The van der Waals surface area contributed by atoms with E-state index >= 15 is 0 Å². The van der Waals surface area contributed by atoms with Gasteiger partial charge in [0.05, 0.1) is 16.3 Å². The van der Waals surface area contributed by atoms with E-state index in [-0.39, 0.29) is 28.1 Å². The van der Waals surface area contributed by atoms with Crippen molar-refractivity contribution in [3.63, 3.8) is 0 Å². The molecule has 1 fully saturated rings. The van der Waals surface area contributed by atoms with E-state index in [4.69, 9.17) is 11.6 Å². The van der Waals surface area contributed by atoms with Gasteiger partial charge in [-0.3, -0.25) is 14.3 Å². The number of piperazine rings is 1. The van der Waals surface area contributed by atoms with Crippen LogP contribution in [0.25, 0.3) is 27.9 Å². The number of hydrogen-bond acceptors (Lipinski definition) is 5. The smallest absolute Gasteiger partial charge is 0.332 e. The highest BCUT2D eigenvalue weighted by Crippen LogP contribution is 2.38. The van der Waals surface area contributed by atoms with Gasteiger partial charge < -0.3 is 19.1 Å². The van der Waals surface area contributed by atoms with Crippen molar-refractivity contribution in [2.24, 2.45) is 14.1 Å². The maximum absolute atomic E-state index is 13.3. The Bertz CT molecular complexity index is 1650. The zero-order valence-electron chi connectivity index (χ0n) is 23.0. The van der Waals surface area contributed by atoms with Crippen LogP contribution in [0.1, 0.15) is 20.8 Å². The zero-order valence-corrected chi connectivity index (χ0v) is 23.7. The third kappa shape index (κ3) is 5.02. The van der Waals surface area contributed by atoms with Crippen LogP contribution in [-0.2, 0) is 14.1 Å². The molecule has 2 aromatic heterocycles. The van der Waals surface area contributed by atoms with Crippen LogP contribution in [-0.4, -0.2) is 55.4 Å². The first-order valence-electron chi connectivity index (χ1n) is 13.0. The fraction of sp³-hybridized carbons (Fsp3) is 0.333. The molecule has 0 atom stereocenters. The van der Waals surface area contributed by atoms with E-state index in [2.05, 4.69) is 30.6 Å². The van der Waals surface area contributed by atoms with E-state index in [0.717, 1.165) is 31.9 Å². The first-order valence-corrected chi connectivity index (χ1v) is 13.4. The van der Waals surface area contributed by atoms with Crippen LogP contribution in [0.3, 0.4) is 0 Å². The average molecular weight is 548 g/mol. The molecule has 5 rings (SSSR count). The number of nitrogens with zero attached hydrogens (tertiary/aromatic N) is 5. The quantitative estimate of drug-likeness (QED) is 0.407. The molecule has 1 N–H and O–H groups in total. The van der Waals surface area contributed by atoms with Crippen molar-refractivity contribution in [1.82, 2.24) is 18.6 Å². The maximum Gasteiger partial charge on any atom is 0.332 e. The fourth-order valence-electron chi connectivity index (χ4n) is 5.21. The minimum absolute atomic E-state index is 0.103. The van der Waals surface area contributed by atoms with Gasteiger partial charge in [-0.25, -0.2) is 4.79 Å². The summed E-state index contributed by atoms with van der Waals surface area (Å²) < 4.78 is 4.40. The zero-order chi connectivity index (χ0) is 28.1. The molecule has 1 aliphatic rings. The number of pyridine rings is 1. The van der Waals surface area contributed by atoms with Gasteiger partial charge >= 0.3 is 5.69 Å². The highest BCUT2D eigenvalue weighted by atomic mass is 35.5. The topological polar surface area (TPSA) is 75.6 Å². The summed E-state index contributed by atoms with van der Waals surface area (Å²) in [6.45, 7) is 10.4. The van der Waals surface area contributed by atoms with Crippen LogP contribution < -0.4 is 16.1 Å². The van der Waals surface area contributed by atoms with Gasteiger partial charge in [0.1, 0.15) is 5.75 Å². The summed E-state index contributed by atoms with van der Waals surface area (Å²) in [6.07, 6.45) is 4.92. The molecule has 4 aromatic rings. The lowest BCUT2D eigenvalue weighted by Crippen LogP contribution is -2.53. The molecular formula is C30H34ClN5O3. The molecule has 39 heavy (non-hydrogen) atoms. The van der Waals surface area contributed by atoms with E-state index in [0.29, 0.717) is 27.4 Å². The molecule has 0 saturated carbocycles. The molecule has 3 heterocycles. The number of rotatable bonds is 4. The molecule has 1 aliphatic heterocycles. The lowest BCUT2D eigenvalue weighted by atomic mass is 9.98. The van der Waals surface area contributed by atoms with Crippen molar-refractivity contribution in [3.8, 4) is 33.7 Å². The summed E-state index contributed by atoms with van der Waals surface area (Å²) in [5, 5.41) is 11.8. The molecule has 2 aromatic carbocycles. The molecular weight excluding hydrogens is 514 g/mol. The van der Waals surface area contributed by atoms with E-state index in [9.17, 15) is 14.7 Å². The van der Waals surface area contributed by atoms with Gasteiger partial charge in [0.25, 0.3) is 5.56 Å². The Morgan fingerprint density at radius 3 is 2.21 bits per heavy atom. The lowest BCUT2D eigenvalue weighted by Gasteiger charge is -2.43. The standard InChI is InChI=1S/C30H34ClN5O3/c1-30(2,3)35-14-12-34(13-15-35)22-8-6-7-21(17-22)26-27(37)23(19-33(5)28(26)38)20-9-10-25(24(31)18-20)36-16-11-32(4)29(36)39/h6-11,16-19,37H,12-15H2,1-5H3. The van der Waals surface area contributed by atoms with E-state index < -0.39 is 0 Å². The van der Waals surface area contributed by atoms with Crippen molar-refractivity contribution in [1.29, 1.82) is 0 Å². The Morgan fingerprint density at radius 1 is 0.872 bits per heavy atom. The van der Waals surface area contributed by atoms with E-state index in [1.54, 1.807) is 50.9 Å². The molecule has 204 valence electrons. The second kappa shape index (κ2) is 10.1. The molecule has 0 spiro atoms. The third-order valence-electron chi connectivity index (χ3n) is 7.54. The van der Waals surface area contributed by atoms with Crippen molar-refractivity contribution in [2.45, 2.75) is 26.3 Å². The summed E-state index contributed by atoms with van der Waals surface area (Å²) in [5.41, 5.74) is 3.20.